The van der Waals surface area contributed by atoms with E-state index in [0.29, 0.717) is 11.9 Å². The van der Waals surface area contributed by atoms with Gasteiger partial charge in [-0.3, -0.25) is 9.69 Å². The molecule has 3 aliphatic heterocycles. The van der Waals surface area contributed by atoms with Crippen LogP contribution in [-0.4, -0.2) is 74.2 Å². The molecule has 102 valence electrons. The lowest BCUT2D eigenvalue weighted by molar-refractivity contribution is -0.134. The lowest BCUT2D eigenvalue weighted by Crippen LogP contribution is -2.45. The van der Waals surface area contributed by atoms with Gasteiger partial charge in [-0.15, -0.1) is 0 Å². The van der Waals surface area contributed by atoms with E-state index in [1.807, 2.05) is 0 Å². The van der Waals surface area contributed by atoms with Crippen molar-refractivity contribution in [3.05, 3.63) is 0 Å². The highest BCUT2D eigenvalue weighted by atomic mass is 16.5. The monoisotopic (exact) mass is 253 g/mol. The van der Waals surface area contributed by atoms with Crippen molar-refractivity contribution in [3.63, 3.8) is 0 Å². The van der Waals surface area contributed by atoms with Crippen molar-refractivity contribution in [2.45, 2.75) is 18.9 Å². The molecule has 3 heterocycles. The summed E-state index contributed by atoms with van der Waals surface area (Å²) < 4.78 is 5.38. The molecule has 3 aliphatic rings. The van der Waals surface area contributed by atoms with Crippen LogP contribution in [0.15, 0.2) is 0 Å². The van der Waals surface area contributed by atoms with E-state index in [2.05, 4.69) is 15.1 Å². The molecule has 0 aliphatic carbocycles. The molecule has 2 unspecified atom stereocenters. The number of rotatable bonds is 2. The first-order valence-electron chi connectivity index (χ1n) is 7.16. The second-order valence-electron chi connectivity index (χ2n) is 5.56. The Morgan fingerprint density at radius 1 is 1.17 bits per heavy atom. The van der Waals surface area contributed by atoms with Crippen LogP contribution in [0.2, 0.25) is 0 Å². The lowest BCUT2D eigenvalue weighted by Gasteiger charge is -2.32. The highest BCUT2D eigenvalue weighted by Gasteiger charge is 2.34. The minimum absolute atomic E-state index is 0.230. The van der Waals surface area contributed by atoms with Crippen molar-refractivity contribution in [2.24, 2.45) is 5.92 Å². The molecule has 1 N–H and O–H groups in total. The Morgan fingerprint density at radius 2 is 2.00 bits per heavy atom. The molecule has 1 amide bonds. The molecule has 0 spiro atoms. The molecule has 3 rings (SSSR count). The first-order chi connectivity index (χ1) is 8.84. The molecule has 0 aromatic carbocycles. The molecule has 18 heavy (non-hydrogen) atoms. The SMILES string of the molecule is O=C(C1CCNC1)N1CCC(N2CCOCC2)C1. The van der Waals surface area contributed by atoms with Gasteiger partial charge in [0, 0.05) is 38.8 Å². The van der Waals surface area contributed by atoms with E-state index in [-0.39, 0.29) is 5.92 Å². The van der Waals surface area contributed by atoms with E-state index in [4.69, 9.17) is 4.74 Å². The fourth-order valence-corrected chi connectivity index (χ4v) is 3.31. The summed E-state index contributed by atoms with van der Waals surface area (Å²) in [6.07, 6.45) is 2.14. The van der Waals surface area contributed by atoms with Crippen LogP contribution in [-0.2, 0) is 9.53 Å². The van der Waals surface area contributed by atoms with Crippen LogP contribution in [0.1, 0.15) is 12.8 Å². The molecule has 0 saturated carbocycles. The van der Waals surface area contributed by atoms with Gasteiger partial charge in [0.25, 0.3) is 0 Å². The average molecular weight is 253 g/mol. The average Bonchev–Trinajstić information content (AvgIpc) is 3.10. The first-order valence-corrected chi connectivity index (χ1v) is 7.16. The van der Waals surface area contributed by atoms with E-state index < -0.39 is 0 Å². The van der Waals surface area contributed by atoms with Crippen LogP contribution < -0.4 is 5.32 Å². The Kier molecular flexibility index (Phi) is 3.82. The standard InChI is InChI=1S/C13H23N3O2/c17-13(11-1-3-14-9-11)16-4-2-12(10-16)15-5-7-18-8-6-15/h11-12,14H,1-10H2. The summed E-state index contributed by atoms with van der Waals surface area (Å²) in [6, 6.07) is 0.562. The fraction of sp³-hybridized carbons (Fsp3) is 0.923. The normalized spacial score (nSPS) is 34.1. The highest BCUT2D eigenvalue weighted by molar-refractivity contribution is 5.79. The van der Waals surface area contributed by atoms with Gasteiger partial charge in [0.15, 0.2) is 0 Å². The summed E-state index contributed by atoms with van der Waals surface area (Å²) in [4.78, 5) is 16.9. The van der Waals surface area contributed by atoms with Crippen molar-refractivity contribution in [1.82, 2.24) is 15.1 Å². The Bertz CT molecular complexity index is 299. The maximum absolute atomic E-state index is 12.3. The van der Waals surface area contributed by atoms with Crippen molar-refractivity contribution in [1.29, 1.82) is 0 Å². The molecule has 0 aromatic heterocycles. The summed E-state index contributed by atoms with van der Waals surface area (Å²) in [6.45, 7) is 7.48. The highest BCUT2D eigenvalue weighted by Crippen LogP contribution is 2.20. The van der Waals surface area contributed by atoms with Crippen molar-refractivity contribution < 1.29 is 9.53 Å². The Hall–Kier alpha value is -0.650. The number of ether oxygens (including phenoxy) is 1. The number of morpholine rings is 1. The Labute approximate surface area is 108 Å². The Morgan fingerprint density at radius 3 is 2.72 bits per heavy atom. The Balaban J connectivity index is 1.52. The summed E-state index contributed by atoms with van der Waals surface area (Å²) >= 11 is 0. The molecule has 3 saturated heterocycles. The summed E-state index contributed by atoms with van der Waals surface area (Å²) in [7, 11) is 0. The van der Waals surface area contributed by atoms with E-state index >= 15 is 0 Å². The summed E-state index contributed by atoms with van der Waals surface area (Å²) in [5.74, 6) is 0.601. The van der Waals surface area contributed by atoms with Crippen LogP contribution in [0.3, 0.4) is 0 Å². The number of carbonyl (C=O) groups excluding carboxylic acids is 1. The van der Waals surface area contributed by atoms with Crippen molar-refractivity contribution in [3.8, 4) is 0 Å². The predicted molar refractivity (Wildman–Crippen MR) is 68.4 cm³/mol. The number of nitrogens with zero attached hydrogens (tertiary/aromatic N) is 2. The minimum atomic E-state index is 0.230. The second-order valence-corrected chi connectivity index (χ2v) is 5.56. The fourth-order valence-electron chi connectivity index (χ4n) is 3.31. The lowest BCUT2D eigenvalue weighted by atomic mass is 10.1. The van der Waals surface area contributed by atoms with Gasteiger partial charge in [-0.2, -0.15) is 0 Å². The van der Waals surface area contributed by atoms with Gasteiger partial charge in [-0.25, -0.2) is 0 Å². The van der Waals surface area contributed by atoms with Crippen LogP contribution in [0.5, 0.6) is 0 Å². The van der Waals surface area contributed by atoms with E-state index in [0.717, 1.165) is 65.3 Å². The van der Waals surface area contributed by atoms with Gasteiger partial charge in [0.1, 0.15) is 0 Å². The first kappa shape index (κ1) is 12.4. The van der Waals surface area contributed by atoms with Crippen LogP contribution in [0.25, 0.3) is 0 Å². The topological polar surface area (TPSA) is 44.8 Å². The summed E-state index contributed by atoms with van der Waals surface area (Å²) in [5.41, 5.74) is 0. The minimum Gasteiger partial charge on any atom is -0.379 e. The quantitative estimate of drug-likeness (QED) is 0.722. The molecule has 0 radical (unpaired) electrons. The zero-order chi connectivity index (χ0) is 12.4. The number of hydrogen-bond donors (Lipinski definition) is 1. The van der Waals surface area contributed by atoms with E-state index in [1.54, 1.807) is 0 Å². The molecular weight excluding hydrogens is 230 g/mol. The predicted octanol–water partition coefficient (Wildman–Crippen LogP) is -0.471. The smallest absolute Gasteiger partial charge is 0.227 e. The molecule has 3 fully saturated rings. The summed E-state index contributed by atoms with van der Waals surface area (Å²) in [5, 5.41) is 3.28. The largest absolute Gasteiger partial charge is 0.379 e. The van der Waals surface area contributed by atoms with Gasteiger partial charge < -0.3 is 15.0 Å². The molecule has 5 heteroatoms. The number of amides is 1. The van der Waals surface area contributed by atoms with E-state index in [9.17, 15) is 4.79 Å². The molecule has 0 bridgehead atoms. The van der Waals surface area contributed by atoms with Gasteiger partial charge in [-0.05, 0) is 19.4 Å². The molecular formula is C13H23N3O2. The molecule has 0 aromatic rings. The molecule has 2 atom stereocenters. The maximum Gasteiger partial charge on any atom is 0.227 e. The number of carbonyl (C=O) groups is 1. The van der Waals surface area contributed by atoms with Gasteiger partial charge in [0.2, 0.25) is 5.91 Å². The number of hydrogen-bond acceptors (Lipinski definition) is 4. The maximum atomic E-state index is 12.3. The third-order valence-electron chi connectivity index (χ3n) is 4.45. The van der Waals surface area contributed by atoms with Crippen LogP contribution >= 0.6 is 0 Å². The van der Waals surface area contributed by atoms with Crippen LogP contribution in [0, 0.1) is 5.92 Å². The number of likely N-dealkylation sites (tertiary alicyclic amines) is 1. The third-order valence-corrected chi connectivity index (χ3v) is 4.45. The third kappa shape index (κ3) is 2.53. The van der Waals surface area contributed by atoms with Gasteiger partial charge in [-0.1, -0.05) is 0 Å². The number of nitrogens with one attached hydrogen (secondary N) is 1. The molecule has 5 nitrogen and oxygen atoms in total. The van der Waals surface area contributed by atoms with Crippen LogP contribution in [0.4, 0.5) is 0 Å². The zero-order valence-corrected chi connectivity index (χ0v) is 10.9. The van der Waals surface area contributed by atoms with E-state index in [1.165, 1.54) is 0 Å². The van der Waals surface area contributed by atoms with Crippen molar-refractivity contribution in [2.75, 3.05) is 52.5 Å². The zero-order valence-electron chi connectivity index (χ0n) is 10.9. The van der Waals surface area contributed by atoms with Crippen molar-refractivity contribution >= 4 is 5.91 Å². The second kappa shape index (κ2) is 5.55. The van der Waals surface area contributed by atoms with Gasteiger partial charge in [0.05, 0.1) is 19.1 Å². The van der Waals surface area contributed by atoms with Gasteiger partial charge >= 0.3 is 0 Å².